The van der Waals surface area contributed by atoms with Crippen molar-refractivity contribution in [1.29, 1.82) is 0 Å². The minimum atomic E-state index is -2.31. The predicted molar refractivity (Wildman–Crippen MR) is 143 cm³/mol. The number of rotatable bonds is 19. The van der Waals surface area contributed by atoms with E-state index in [2.05, 4.69) is 16.0 Å². The number of Topliss-reactive ketones (excluding diaryl/α,β-unsaturated/α-hetero) is 3. The molecular weight excluding hydrogens is 462 g/mol. The van der Waals surface area contributed by atoms with Gasteiger partial charge in [0.25, 0.3) is 0 Å². The van der Waals surface area contributed by atoms with E-state index in [1.54, 1.807) is 28.1 Å². The number of aliphatic hydroxyl groups is 3. The highest BCUT2D eigenvalue weighted by Crippen LogP contribution is 2.34. The van der Waals surface area contributed by atoms with Crippen LogP contribution in [-0.2, 0) is 14.4 Å². The maximum Gasteiger partial charge on any atom is 0.182 e. The van der Waals surface area contributed by atoms with E-state index in [-0.39, 0.29) is 30.0 Å². The average Bonchev–Trinajstić information content (AvgIpc) is 2.76. The lowest BCUT2D eigenvalue weighted by atomic mass is 9.69. The Morgan fingerprint density at radius 1 is 0.722 bits per heavy atom. The number of ketones is 3. The Kier molecular flexibility index (Phi) is 15.3. The van der Waals surface area contributed by atoms with Crippen LogP contribution in [0.25, 0.3) is 0 Å². The smallest absolute Gasteiger partial charge is 0.182 e. The first-order chi connectivity index (χ1) is 16.6. The number of hydrogen-bond acceptors (Lipinski definition) is 9. The lowest BCUT2D eigenvalue weighted by Gasteiger charge is -2.40. The fourth-order valence-electron chi connectivity index (χ4n) is 5.14. The molecule has 5 unspecified atom stereocenters. The second kappa shape index (κ2) is 15.9. The molecule has 0 aromatic heterocycles. The zero-order valence-corrected chi connectivity index (χ0v) is 24.1. The molecule has 0 radical (unpaired) electrons. The Balaban J connectivity index is 6.64. The van der Waals surface area contributed by atoms with E-state index in [0.717, 1.165) is 0 Å². The van der Waals surface area contributed by atoms with Crippen molar-refractivity contribution in [2.24, 2.45) is 23.7 Å². The lowest BCUT2D eigenvalue weighted by Crippen LogP contribution is -2.62. The normalized spacial score (nSPS) is 19.8. The van der Waals surface area contributed by atoms with Crippen LogP contribution in [0.2, 0.25) is 0 Å². The van der Waals surface area contributed by atoms with Crippen LogP contribution in [0.1, 0.15) is 74.1 Å². The second-order valence-electron chi connectivity index (χ2n) is 11.2. The summed E-state index contributed by atoms with van der Waals surface area (Å²) in [5, 5.41) is 41.0. The molecule has 0 rings (SSSR count). The summed E-state index contributed by atoms with van der Waals surface area (Å²) in [5.74, 6) is -3.22. The van der Waals surface area contributed by atoms with Gasteiger partial charge in [-0.3, -0.25) is 14.4 Å². The van der Waals surface area contributed by atoms with Gasteiger partial charge in [-0.05, 0) is 72.0 Å². The molecular formula is C27H53N3O6. The molecule has 0 spiro atoms. The number of carbonyl (C=O) groups excluding carboxylic acids is 3. The third kappa shape index (κ3) is 9.58. The molecule has 9 nitrogen and oxygen atoms in total. The van der Waals surface area contributed by atoms with Gasteiger partial charge in [0.1, 0.15) is 5.60 Å². The zero-order chi connectivity index (χ0) is 28.4. The Morgan fingerprint density at radius 2 is 1.19 bits per heavy atom. The summed E-state index contributed by atoms with van der Waals surface area (Å²) < 4.78 is 0. The molecule has 0 aromatic carbocycles. The third-order valence-corrected chi connectivity index (χ3v) is 7.18. The highest BCUT2D eigenvalue weighted by molar-refractivity contribution is 6.03. The molecule has 8 atom stereocenters. The summed E-state index contributed by atoms with van der Waals surface area (Å²) in [6, 6.07) is -2.14. The Bertz CT molecular complexity index is 697. The molecule has 212 valence electrons. The van der Waals surface area contributed by atoms with E-state index in [9.17, 15) is 29.7 Å². The summed E-state index contributed by atoms with van der Waals surface area (Å²) in [6.07, 6.45) is -1.13. The number of aliphatic hydroxyl groups excluding tert-OH is 2. The summed E-state index contributed by atoms with van der Waals surface area (Å²) >= 11 is 0. The molecule has 0 saturated heterocycles. The van der Waals surface area contributed by atoms with Gasteiger partial charge in [0.2, 0.25) is 0 Å². The highest BCUT2D eigenvalue weighted by Gasteiger charge is 2.53. The Hall–Kier alpha value is -1.23. The largest absolute Gasteiger partial charge is 0.393 e. The van der Waals surface area contributed by atoms with Crippen molar-refractivity contribution in [1.82, 2.24) is 16.0 Å². The summed E-state index contributed by atoms with van der Waals surface area (Å²) in [4.78, 5) is 41.3. The van der Waals surface area contributed by atoms with Gasteiger partial charge < -0.3 is 31.3 Å². The average molecular weight is 516 g/mol. The van der Waals surface area contributed by atoms with Crippen LogP contribution in [0, 0.1) is 23.7 Å². The van der Waals surface area contributed by atoms with Crippen LogP contribution < -0.4 is 16.0 Å². The van der Waals surface area contributed by atoms with Crippen LogP contribution >= 0.6 is 0 Å². The van der Waals surface area contributed by atoms with Crippen molar-refractivity contribution >= 4 is 17.3 Å². The van der Waals surface area contributed by atoms with Crippen molar-refractivity contribution in [3.8, 4) is 0 Å². The Morgan fingerprint density at radius 3 is 1.56 bits per heavy atom. The summed E-state index contributed by atoms with van der Waals surface area (Å²) in [6.45, 7) is 12.4. The van der Waals surface area contributed by atoms with Gasteiger partial charge in [0.15, 0.2) is 17.3 Å². The van der Waals surface area contributed by atoms with Gasteiger partial charge in [0.05, 0.1) is 36.3 Å². The molecule has 0 saturated carbocycles. The van der Waals surface area contributed by atoms with Crippen LogP contribution in [0.5, 0.6) is 0 Å². The molecule has 0 amide bonds. The Labute approximate surface area is 218 Å². The van der Waals surface area contributed by atoms with E-state index < -0.39 is 59.8 Å². The van der Waals surface area contributed by atoms with Crippen molar-refractivity contribution in [3.05, 3.63) is 0 Å². The molecule has 6 N–H and O–H groups in total. The molecule has 9 heteroatoms. The number of carbonyl (C=O) groups is 3. The number of likely N-dealkylation sites (N-methyl/N-ethyl adjacent to an activating group) is 3. The van der Waals surface area contributed by atoms with Gasteiger partial charge >= 0.3 is 0 Å². The van der Waals surface area contributed by atoms with Crippen LogP contribution in [0.15, 0.2) is 0 Å². The summed E-state index contributed by atoms with van der Waals surface area (Å²) in [5.41, 5.74) is -2.31. The van der Waals surface area contributed by atoms with E-state index in [4.69, 9.17) is 0 Å². The van der Waals surface area contributed by atoms with E-state index in [1.165, 1.54) is 6.92 Å². The highest BCUT2D eigenvalue weighted by atomic mass is 16.3. The zero-order valence-electron chi connectivity index (χ0n) is 24.1. The predicted octanol–water partition coefficient (Wildman–Crippen LogP) is 1.08. The molecule has 0 bridgehead atoms. The van der Waals surface area contributed by atoms with E-state index >= 15 is 0 Å². The van der Waals surface area contributed by atoms with Crippen molar-refractivity contribution in [3.63, 3.8) is 0 Å². The van der Waals surface area contributed by atoms with Crippen molar-refractivity contribution in [2.45, 2.75) is 110 Å². The molecule has 36 heavy (non-hydrogen) atoms. The maximum atomic E-state index is 13.9. The molecule has 0 heterocycles. The minimum Gasteiger partial charge on any atom is -0.393 e. The lowest BCUT2D eigenvalue weighted by molar-refractivity contribution is -0.160. The first-order valence-electron chi connectivity index (χ1n) is 13.3. The first-order valence-corrected chi connectivity index (χ1v) is 13.3. The molecule has 0 aliphatic heterocycles. The van der Waals surface area contributed by atoms with E-state index in [1.807, 2.05) is 34.6 Å². The maximum absolute atomic E-state index is 13.9. The first kappa shape index (κ1) is 34.8. The molecule has 0 aliphatic carbocycles. The van der Waals surface area contributed by atoms with Crippen LogP contribution in [0.3, 0.4) is 0 Å². The quantitative estimate of drug-likeness (QED) is 0.149. The summed E-state index contributed by atoms with van der Waals surface area (Å²) in [7, 11) is 4.88. The minimum absolute atomic E-state index is 0.134. The molecule has 0 aliphatic rings. The van der Waals surface area contributed by atoms with Gasteiger partial charge in [-0.2, -0.15) is 0 Å². The van der Waals surface area contributed by atoms with Gasteiger partial charge in [-0.25, -0.2) is 0 Å². The van der Waals surface area contributed by atoms with E-state index in [0.29, 0.717) is 12.8 Å². The van der Waals surface area contributed by atoms with Crippen LogP contribution in [0.4, 0.5) is 0 Å². The third-order valence-electron chi connectivity index (χ3n) is 7.18. The molecule has 0 aromatic rings. The number of hydrogen-bond donors (Lipinski definition) is 6. The SMILES string of the molecule is CN[C@H](C(=O)C(CC(C)O)C(O)(CC(=O)[C@@H](NC)C(C)CCC(C)O)C(=O)[C@@H](NC)C(C)C)C(C)C. The topological polar surface area (TPSA) is 148 Å². The van der Waals surface area contributed by atoms with Gasteiger partial charge in [-0.15, -0.1) is 0 Å². The number of nitrogens with one attached hydrogen (secondary N) is 3. The van der Waals surface area contributed by atoms with Crippen LogP contribution in [-0.4, -0.2) is 89.7 Å². The second-order valence-corrected chi connectivity index (χ2v) is 11.2. The van der Waals surface area contributed by atoms with Crippen molar-refractivity contribution < 1.29 is 29.7 Å². The fourth-order valence-corrected chi connectivity index (χ4v) is 5.14. The fraction of sp³-hybridized carbons (Fsp3) is 0.889. The van der Waals surface area contributed by atoms with Crippen molar-refractivity contribution in [2.75, 3.05) is 21.1 Å². The molecule has 0 fully saturated rings. The standard InChI is InChI=1S/C27H53N3O6/c1-15(2)22(28-8)25(34)20(13-19(7)32)27(36,26(35)23(29-9)16(3)4)14-21(33)24(30-10)17(5)11-12-18(6)31/h15-20,22-24,28-32,36H,11-14H2,1-10H3/t17?,18?,19?,20?,22-,23-,24-,27?/m0/s1. The van der Waals surface area contributed by atoms with Gasteiger partial charge in [0, 0.05) is 6.42 Å². The van der Waals surface area contributed by atoms with Gasteiger partial charge in [-0.1, -0.05) is 34.6 Å². The monoisotopic (exact) mass is 515 g/mol.